The topological polar surface area (TPSA) is 96.6 Å². The zero-order valence-corrected chi connectivity index (χ0v) is 14.4. The average molecular weight is 350 g/mol. The Bertz CT molecular complexity index is 1070. The number of hydrazone groups is 1. The van der Waals surface area contributed by atoms with E-state index in [1.165, 1.54) is 4.68 Å². The molecule has 7 nitrogen and oxygen atoms in total. The van der Waals surface area contributed by atoms with Crippen LogP contribution in [0.3, 0.4) is 0 Å². The molecule has 26 heavy (non-hydrogen) atoms. The minimum absolute atomic E-state index is 0.0751. The minimum atomic E-state index is -0.529. The first-order valence-corrected chi connectivity index (χ1v) is 8.15. The highest BCUT2D eigenvalue weighted by Crippen LogP contribution is 2.16. The lowest BCUT2D eigenvalue weighted by Crippen LogP contribution is -2.28. The Kier molecular flexibility index (Phi) is 4.79. The van der Waals surface area contributed by atoms with Crippen molar-refractivity contribution in [3.8, 4) is 5.75 Å². The van der Waals surface area contributed by atoms with E-state index in [1.807, 2.05) is 0 Å². The number of phenols is 1. The number of amides is 1. The van der Waals surface area contributed by atoms with Gasteiger partial charge in [-0.05, 0) is 32.0 Å². The number of hydrogen-bond acceptors (Lipinski definition) is 5. The van der Waals surface area contributed by atoms with Crippen LogP contribution in [0.5, 0.6) is 5.75 Å². The normalized spacial score (nSPS) is 11.5. The van der Waals surface area contributed by atoms with Crippen molar-refractivity contribution in [2.75, 3.05) is 0 Å². The summed E-state index contributed by atoms with van der Waals surface area (Å²) in [5.74, 6) is -0.454. The molecule has 0 atom stereocenters. The van der Waals surface area contributed by atoms with E-state index in [0.717, 1.165) is 0 Å². The van der Waals surface area contributed by atoms with Crippen molar-refractivity contribution in [1.82, 2.24) is 15.2 Å². The van der Waals surface area contributed by atoms with Gasteiger partial charge in [-0.2, -0.15) is 10.2 Å². The van der Waals surface area contributed by atoms with Crippen LogP contribution in [0.1, 0.15) is 29.9 Å². The van der Waals surface area contributed by atoms with Crippen molar-refractivity contribution in [1.29, 1.82) is 0 Å². The average Bonchev–Trinajstić information content (AvgIpc) is 2.66. The van der Waals surface area contributed by atoms with E-state index < -0.39 is 5.91 Å². The molecule has 0 bridgehead atoms. The van der Waals surface area contributed by atoms with E-state index in [2.05, 4.69) is 15.6 Å². The summed E-state index contributed by atoms with van der Waals surface area (Å²) in [7, 11) is 0. The number of phenolic OH excluding ortho intramolecular Hbond substituents is 1. The van der Waals surface area contributed by atoms with E-state index in [0.29, 0.717) is 28.6 Å². The fourth-order valence-corrected chi connectivity index (χ4v) is 2.64. The molecule has 0 aliphatic carbocycles. The van der Waals surface area contributed by atoms with Crippen LogP contribution in [0.15, 0.2) is 58.4 Å². The Morgan fingerprint density at radius 3 is 2.50 bits per heavy atom. The molecular weight excluding hydrogens is 332 g/mol. The Morgan fingerprint density at radius 1 is 1.15 bits per heavy atom. The van der Waals surface area contributed by atoms with Crippen LogP contribution in [-0.2, 0) is 6.54 Å². The highest BCUT2D eigenvalue weighted by Gasteiger charge is 2.16. The summed E-state index contributed by atoms with van der Waals surface area (Å²) in [5, 5.41) is 19.0. The van der Waals surface area contributed by atoms with Crippen LogP contribution in [0.25, 0.3) is 10.8 Å². The number of nitrogens with zero attached hydrogens (tertiary/aromatic N) is 3. The molecule has 3 rings (SSSR count). The fourth-order valence-electron chi connectivity index (χ4n) is 2.64. The van der Waals surface area contributed by atoms with Gasteiger partial charge in [-0.25, -0.2) is 10.1 Å². The number of carbonyl (C=O) groups is 1. The molecule has 0 aliphatic heterocycles. The first-order valence-electron chi connectivity index (χ1n) is 8.15. The molecule has 1 aromatic heterocycles. The predicted molar refractivity (Wildman–Crippen MR) is 99.5 cm³/mol. The smallest absolute Gasteiger partial charge is 0.292 e. The highest BCUT2D eigenvalue weighted by atomic mass is 16.3. The molecule has 0 saturated carbocycles. The summed E-state index contributed by atoms with van der Waals surface area (Å²) in [6, 6.07) is 13.5. The van der Waals surface area contributed by atoms with Crippen LogP contribution < -0.4 is 11.0 Å². The molecule has 2 N–H and O–H groups in total. The zero-order chi connectivity index (χ0) is 18.7. The van der Waals surface area contributed by atoms with Gasteiger partial charge in [0, 0.05) is 17.5 Å². The Balaban J connectivity index is 1.98. The number of aryl methyl sites for hydroxylation is 1. The third kappa shape index (κ3) is 3.19. The van der Waals surface area contributed by atoms with Gasteiger partial charge in [0.1, 0.15) is 5.75 Å². The third-order valence-electron chi connectivity index (χ3n) is 4.00. The molecule has 0 saturated heterocycles. The van der Waals surface area contributed by atoms with Gasteiger partial charge >= 0.3 is 0 Å². The summed E-state index contributed by atoms with van der Waals surface area (Å²) in [6.45, 7) is 3.81. The van der Waals surface area contributed by atoms with Crippen molar-refractivity contribution in [3.05, 3.63) is 70.1 Å². The first-order chi connectivity index (χ1) is 12.5. The lowest BCUT2D eigenvalue weighted by atomic mass is 10.1. The molecule has 0 fully saturated rings. The van der Waals surface area contributed by atoms with Crippen molar-refractivity contribution < 1.29 is 9.90 Å². The zero-order valence-electron chi connectivity index (χ0n) is 14.4. The summed E-state index contributed by atoms with van der Waals surface area (Å²) < 4.78 is 1.25. The van der Waals surface area contributed by atoms with Crippen LogP contribution in [0.2, 0.25) is 0 Å². The number of para-hydroxylation sites is 1. The van der Waals surface area contributed by atoms with Gasteiger partial charge in [0.25, 0.3) is 11.5 Å². The Hall–Kier alpha value is -3.48. The van der Waals surface area contributed by atoms with Gasteiger partial charge in [0.05, 0.1) is 11.1 Å². The van der Waals surface area contributed by atoms with Crippen molar-refractivity contribution >= 4 is 22.4 Å². The largest absolute Gasteiger partial charge is 0.507 e. The highest BCUT2D eigenvalue weighted by molar-refractivity contribution is 6.06. The van der Waals surface area contributed by atoms with Crippen LogP contribution in [0, 0.1) is 0 Å². The molecule has 2 aromatic carbocycles. The first kappa shape index (κ1) is 17.3. The van der Waals surface area contributed by atoms with Crippen molar-refractivity contribution in [3.63, 3.8) is 0 Å². The fraction of sp³-hybridized carbons (Fsp3) is 0.158. The SMILES string of the molecule is CCn1nc(C(=O)N/N=C(\C)c2ccccc2O)c2ccccc2c1=O. The molecular formula is C19H18N4O3. The second kappa shape index (κ2) is 7.18. The minimum Gasteiger partial charge on any atom is -0.507 e. The van der Waals surface area contributed by atoms with Gasteiger partial charge < -0.3 is 5.11 Å². The molecule has 0 spiro atoms. The van der Waals surface area contributed by atoms with Gasteiger partial charge in [0.15, 0.2) is 5.69 Å². The second-order valence-electron chi connectivity index (χ2n) is 5.67. The lowest BCUT2D eigenvalue weighted by molar-refractivity contribution is 0.0949. The molecule has 0 aliphatic rings. The van der Waals surface area contributed by atoms with Crippen LogP contribution in [0.4, 0.5) is 0 Å². The number of benzene rings is 2. The van der Waals surface area contributed by atoms with Gasteiger partial charge in [-0.15, -0.1) is 0 Å². The van der Waals surface area contributed by atoms with Crippen molar-refractivity contribution in [2.24, 2.45) is 5.10 Å². The number of aromatic nitrogens is 2. The predicted octanol–water partition coefficient (Wildman–Crippen LogP) is 2.28. The van der Waals surface area contributed by atoms with E-state index in [1.54, 1.807) is 62.4 Å². The lowest BCUT2D eigenvalue weighted by Gasteiger charge is -2.09. The van der Waals surface area contributed by atoms with Crippen LogP contribution >= 0.6 is 0 Å². The van der Waals surface area contributed by atoms with Crippen LogP contribution in [-0.4, -0.2) is 26.5 Å². The van der Waals surface area contributed by atoms with E-state index in [4.69, 9.17) is 0 Å². The maximum Gasteiger partial charge on any atom is 0.292 e. The molecule has 132 valence electrons. The quantitative estimate of drug-likeness (QED) is 0.557. The molecule has 3 aromatic rings. The number of nitrogens with one attached hydrogen (secondary N) is 1. The van der Waals surface area contributed by atoms with Crippen molar-refractivity contribution in [2.45, 2.75) is 20.4 Å². The molecule has 1 heterocycles. The summed E-state index contributed by atoms with van der Waals surface area (Å²) in [5.41, 5.74) is 3.29. The standard InChI is InChI=1S/C19H18N4O3/c1-3-23-19(26)15-10-5-4-9-14(15)17(22-23)18(25)21-20-12(2)13-8-6-7-11-16(13)24/h4-11,24H,3H2,1-2H3,(H,21,25)/b20-12+. The van der Waals surface area contributed by atoms with Gasteiger partial charge in [-0.3, -0.25) is 9.59 Å². The van der Waals surface area contributed by atoms with E-state index in [-0.39, 0.29) is 17.0 Å². The van der Waals surface area contributed by atoms with Gasteiger partial charge in [-0.1, -0.05) is 30.3 Å². The molecule has 1 amide bonds. The molecule has 0 unspecified atom stereocenters. The number of carbonyl (C=O) groups excluding carboxylic acids is 1. The monoisotopic (exact) mass is 350 g/mol. The molecule has 0 radical (unpaired) electrons. The number of hydrogen-bond donors (Lipinski definition) is 2. The molecule has 7 heteroatoms. The number of rotatable bonds is 4. The van der Waals surface area contributed by atoms with E-state index in [9.17, 15) is 14.7 Å². The summed E-state index contributed by atoms with van der Waals surface area (Å²) in [4.78, 5) is 24.9. The number of aromatic hydroxyl groups is 1. The maximum atomic E-state index is 12.6. The third-order valence-corrected chi connectivity index (χ3v) is 4.00. The second-order valence-corrected chi connectivity index (χ2v) is 5.67. The Labute approximate surface area is 149 Å². The number of fused-ring (bicyclic) bond motifs is 1. The summed E-state index contributed by atoms with van der Waals surface area (Å²) >= 11 is 0. The maximum absolute atomic E-state index is 12.6. The Morgan fingerprint density at radius 2 is 1.81 bits per heavy atom. The van der Waals surface area contributed by atoms with E-state index >= 15 is 0 Å². The van der Waals surface area contributed by atoms with Gasteiger partial charge in [0.2, 0.25) is 0 Å². The summed E-state index contributed by atoms with van der Waals surface area (Å²) in [6.07, 6.45) is 0.